The van der Waals surface area contributed by atoms with Gasteiger partial charge in [-0.3, -0.25) is 4.79 Å². The maximum atomic E-state index is 11.9. The zero-order valence-corrected chi connectivity index (χ0v) is 14.0. The maximum absolute atomic E-state index is 11.9. The Morgan fingerprint density at radius 1 is 1.04 bits per heavy atom. The van der Waals surface area contributed by atoms with Crippen molar-refractivity contribution in [1.29, 1.82) is 0 Å². The predicted molar refractivity (Wildman–Crippen MR) is 91.0 cm³/mol. The quantitative estimate of drug-likeness (QED) is 0.828. The minimum absolute atomic E-state index is 0.155. The molecule has 0 bridgehead atoms. The minimum Gasteiger partial charge on any atom is -0.497 e. The second-order valence-corrected chi connectivity index (χ2v) is 5.50. The van der Waals surface area contributed by atoms with Crippen LogP contribution in [0.5, 0.6) is 5.75 Å². The van der Waals surface area contributed by atoms with Crippen LogP contribution in [0, 0.1) is 6.92 Å². The first kappa shape index (κ1) is 17.5. The van der Waals surface area contributed by atoms with Crippen molar-refractivity contribution in [2.24, 2.45) is 0 Å². The Balaban J connectivity index is 1.83. The van der Waals surface area contributed by atoms with Gasteiger partial charge in [0.25, 0.3) is 5.91 Å². The van der Waals surface area contributed by atoms with Crippen molar-refractivity contribution in [3.8, 4) is 5.75 Å². The summed E-state index contributed by atoms with van der Waals surface area (Å²) in [6, 6.07) is 14.3. The van der Waals surface area contributed by atoms with E-state index >= 15 is 0 Å². The van der Waals surface area contributed by atoms with Gasteiger partial charge in [0.2, 0.25) is 0 Å². The monoisotopic (exact) mass is 327 g/mol. The summed E-state index contributed by atoms with van der Waals surface area (Å²) < 4.78 is 10.1. The fourth-order valence-corrected chi connectivity index (χ4v) is 2.16. The van der Waals surface area contributed by atoms with E-state index in [1.54, 1.807) is 31.4 Å². The molecule has 5 nitrogen and oxygen atoms in total. The molecule has 126 valence electrons. The number of ether oxygens (including phenoxy) is 2. The van der Waals surface area contributed by atoms with Crippen LogP contribution in [-0.4, -0.2) is 25.6 Å². The lowest BCUT2D eigenvalue weighted by Crippen LogP contribution is -2.31. The summed E-state index contributed by atoms with van der Waals surface area (Å²) in [7, 11) is 1.55. The Morgan fingerprint density at radius 3 is 2.25 bits per heavy atom. The molecule has 0 fully saturated rings. The van der Waals surface area contributed by atoms with Crippen LogP contribution in [0.1, 0.15) is 34.5 Å². The molecule has 2 aromatic rings. The number of benzene rings is 2. The molecule has 0 radical (unpaired) electrons. The molecule has 24 heavy (non-hydrogen) atoms. The Hall–Kier alpha value is -2.82. The lowest BCUT2D eigenvalue weighted by Gasteiger charge is -2.14. The second-order valence-electron chi connectivity index (χ2n) is 5.50. The van der Waals surface area contributed by atoms with E-state index in [1.807, 2.05) is 38.1 Å². The van der Waals surface area contributed by atoms with Crippen molar-refractivity contribution < 1.29 is 19.1 Å². The number of nitrogens with one attached hydrogen (secondary N) is 1. The summed E-state index contributed by atoms with van der Waals surface area (Å²) in [6.07, 6.45) is 0. The van der Waals surface area contributed by atoms with Gasteiger partial charge in [0.15, 0.2) is 6.61 Å². The van der Waals surface area contributed by atoms with Gasteiger partial charge in [-0.05, 0) is 43.7 Å². The number of methoxy groups -OCH3 is 1. The van der Waals surface area contributed by atoms with Crippen LogP contribution in [0.4, 0.5) is 0 Å². The fourth-order valence-electron chi connectivity index (χ4n) is 2.16. The van der Waals surface area contributed by atoms with Crippen molar-refractivity contribution in [1.82, 2.24) is 5.32 Å². The molecule has 0 aromatic heterocycles. The van der Waals surface area contributed by atoms with Crippen LogP contribution in [0.25, 0.3) is 0 Å². The largest absolute Gasteiger partial charge is 0.497 e. The SMILES string of the molecule is COc1ccc(C(=O)OCC(=O)N[C@@H](C)c2ccc(C)cc2)cc1. The second kappa shape index (κ2) is 8.15. The molecule has 0 aliphatic rings. The van der Waals surface area contributed by atoms with Gasteiger partial charge in [-0.2, -0.15) is 0 Å². The van der Waals surface area contributed by atoms with Crippen molar-refractivity contribution in [2.45, 2.75) is 19.9 Å². The number of carbonyl (C=O) groups is 2. The highest BCUT2D eigenvalue weighted by atomic mass is 16.5. The number of hydrogen-bond acceptors (Lipinski definition) is 4. The summed E-state index contributed by atoms with van der Waals surface area (Å²) in [6.45, 7) is 3.57. The van der Waals surface area contributed by atoms with E-state index in [4.69, 9.17) is 9.47 Å². The highest BCUT2D eigenvalue weighted by molar-refractivity contribution is 5.91. The third-order valence-corrected chi connectivity index (χ3v) is 3.61. The minimum atomic E-state index is -0.546. The van der Waals surface area contributed by atoms with E-state index in [9.17, 15) is 9.59 Å². The van der Waals surface area contributed by atoms with Crippen LogP contribution in [-0.2, 0) is 9.53 Å². The van der Waals surface area contributed by atoms with Gasteiger partial charge in [-0.25, -0.2) is 4.79 Å². The fraction of sp³-hybridized carbons (Fsp3) is 0.263. The van der Waals surface area contributed by atoms with Gasteiger partial charge in [0, 0.05) is 0 Å². The van der Waals surface area contributed by atoms with Crippen LogP contribution in [0.15, 0.2) is 48.5 Å². The zero-order chi connectivity index (χ0) is 17.5. The van der Waals surface area contributed by atoms with E-state index in [-0.39, 0.29) is 18.6 Å². The first-order chi connectivity index (χ1) is 11.5. The molecule has 0 heterocycles. The first-order valence-electron chi connectivity index (χ1n) is 7.66. The molecule has 0 aliphatic heterocycles. The smallest absolute Gasteiger partial charge is 0.338 e. The van der Waals surface area contributed by atoms with Crippen molar-refractivity contribution in [2.75, 3.05) is 13.7 Å². The summed E-state index contributed by atoms with van der Waals surface area (Å²) in [5, 5.41) is 2.80. The van der Waals surface area contributed by atoms with Gasteiger partial charge in [0.05, 0.1) is 18.7 Å². The third kappa shape index (κ3) is 4.84. The van der Waals surface area contributed by atoms with Crippen molar-refractivity contribution in [3.05, 3.63) is 65.2 Å². The molecule has 0 spiro atoms. The molecular weight excluding hydrogens is 306 g/mol. The van der Waals surface area contributed by atoms with E-state index < -0.39 is 5.97 Å². The summed E-state index contributed by atoms with van der Waals surface area (Å²) >= 11 is 0. The highest BCUT2D eigenvalue weighted by Gasteiger charge is 2.13. The normalized spacial score (nSPS) is 11.5. The van der Waals surface area contributed by atoms with E-state index in [0.29, 0.717) is 11.3 Å². The van der Waals surface area contributed by atoms with Gasteiger partial charge >= 0.3 is 5.97 Å². The zero-order valence-electron chi connectivity index (χ0n) is 14.0. The van der Waals surface area contributed by atoms with E-state index in [2.05, 4.69) is 5.32 Å². The lowest BCUT2D eigenvalue weighted by atomic mass is 10.1. The van der Waals surface area contributed by atoms with Gasteiger partial charge in [-0.1, -0.05) is 29.8 Å². The highest BCUT2D eigenvalue weighted by Crippen LogP contribution is 2.14. The first-order valence-corrected chi connectivity index (χ1v) is 7.66. The molecule has 2 aromatic carbocycles. The molecule has 0 saturated heterocycles. The molecular formula is C19H21NO4. The Morgan fingerprint density at radius 2 is 1.67 bits per heavy atom. The topological polar surface area (TPSA) is 64.6 Å². The number of amides is 1. The van der Waals surface area contributed by atoms with Crippen LogP contribution < -0.4 is 10.1 Å². The number of rotatable bonds is 6. The van der Waals surface area contributed by atoms with Crippen LogP contribution >= 0.6 is 0 Å². The average Bonchev–Trinajstić information content (AvgIpc) is 2.60. The Bertz CT molecular complexity index is 692. The van der Waals surface area contributed by atoms with Gasteiger partial charge < -0.3 is 14.8 Å². The van der Waals surface area contributed by atoms with Crippen molar-refractivity contribution in [3.63, 3.8) is 0 Å². The van der Waals surface area contributed by atoms with Gasteiger partial charge in [-0.15, -0.1) is 0 Å². The number of esters is 1. The van der Waals surface area contributed by atoms with E-state index in [0.717, 1.165) is 11.1 Å². The third-order valence-electron chi connectivity index (χ3n) is 3.61. The predicted octanol–water partition coefficient (Wildman–Crippen LogP) is 3.04. The van der Waals surface area contributed by atoms with Crippen LogP contribution in [0.3, 0.4) is 0 Å². The molecule has 1 amide bonds. The lowest BCUT2D eigenvalue weighted by molar-refractivity contribution is -0.124. The molecule has 0 saturated carbocycles. The summed E-state index contributed by atoms with van der Waals surface area (Å²) in [4.78, 5) is 23.8. The molecule has 1 atom stereocenters. The standard InChI is InChI=1S/C19H21NO4/c1-13-4-6-15(7-5-13)14(2)20-18(21)12-24-19(22)16-8-10-17(23-3)11-9-16/h4-11,14H,12H2,1-3H3,(H,20,21)/t14-/m0/s1. The Kier molecular flexibility index (Phi) is 5.95. The summed E-state index contributed by atoms with van der Waals surface area (Å²) in [5.41, 5.74) is 2.52. The average molecular weight is 327 g/mol. The summed E-state index contributed by atoms with van der Waals surface area (Å²) in [5.74, 6) is -0.239. The van der Waals surface area contributed by atoms with Crippen molar-refractivity contribution >= 4 is 11.9 Å². The Labute approximate surface area is 141 Å². The number of hydrogen-bond donors (Lipinski definition) is 1. The van der Waals surface area contributed by atoms with E-state index in [1.165, 1.54) is 0 Å². The maximum Gasteiger partial charge on any atom is 0.338 e. The molecule has 0 unspecified atom stereocenters. The van der Waals surface area contributed by atoms with Crippen LogP contribution in [0.2, 0.25) is 0 Å². The molecule has 5 heteroatoms. The molecule has 0 aliphatic carbocycles. The number of aryl methyl sites for hydroxylation is 1. The number of carbonyl (C=O) groups excluding carboxylic acids is 2. The molecule has 1 N–H and O–H groups in total. The van der Waals surface area contributed by atoms with Gasteiger partial charge in [0.1, 0.15) is 5.75 Å². The molecule has 2 rings (SSSR count).